The minimum atomic E-state index is -0.826. The van der Waals surface area contributed by atoms with Gasteiger partial charge in [-0.1, -0.05) is 101 Å². The Morgan fingerprint density at radius 1 is 0.929 bits per heavy atom. The first-order valence-corrected chi connectivity index (χ1v) is 16.6. The third-order valence-electron chi connectivity index (χ3n) is 5.38. The summed E-state index contributed by atoms with van der Waals surface area (Å²) in [5.41, 5.74) is 8.91. The Kier molecular flexibility index (Phi) is 10.0. The average Bonchev–Trinajstić information content (AvgIpc) is 3.08. The summed E-state index contributed by atoms with van der Waals surface area (Å²) in [6, 6.07) is 16.0. The summed E-state index contributed by atoms with van der Waals surface area (Å²) < 4.78 is 0. The molecule has 0 bridgehead atoms. The number of fused-ring (bicyclic) bond motifs is 1. The van der Waals surface area contributed by atoms with Crippen LogP contribution in [-0.2, 0) is 32.7 Å². The van der Waals surface area contributed by atoms with E-state index in [1.165, 1.54) is 59.9 Å². The first kappa shape index (κ1) is 23.9. The maximum atomic E-state index is 4.93. The molecule has 0 aliphatic heterocycles. The van der Waals surface area contributed by atoms with Gasteiger partial charge in [0.1, 0.15) is 0 Å². The van der Waals surface area contributed by atoms with E-state index in [2.05, 4.69) is 76.2 Å². The van der Waals surface area contributed by atoms with Crippen molar-refractivity contribution in [1.29, 1.82) is 0 Å². The molecule has 1 aliphatic rings. The van der Waals surface area contributed by atoms with E-state index in [0.717, 1.165) is 6.42 Å². The summed E-state index contributed by atoms with van der Waals surface area (Å²) in [6.45, 7) is 9.10. The molecule has 0 radical (unpaired) electrons. The zero-order chi connectivity index (χ0) is 20.6. The van der Waals surface area contributed by atoms with Crippen LogP contribution in [0.5, 0.6) is 0 Å². The molecule has 2 aromatic carbocycles. The molecule has 2 aromatic rings. The van der Waals surface area contributed by atoms with Gasteiger partial charge in [0.15, 0.2) is 0 Å². The van der Waals surface area contributed by atoms with Crippen LogP contribution in [-0.4, -0.2) is 0 Å². The number of unbranched alkanes of at least 4 members (excludes halogenated alkanes) is 3. The van der Waals surface area contributed by atoms with Crippen LogP contribution in [0.1, 0.15) is 76.5 Å². The van der Waals surface area contributed by atoms with Crippen LogP contribution in [0.15, 0.2) is 48.0 Å². The van der Waals surface area contributed by atoms with Gasteiger partial charge in [-0.3, -0.25) is 0 Å². The van der Waals surface area contributed by atoms with Gasteiger partial charge in [0.05, 0.1) is 0 Å². The van der Waals surface area contributed by atoms with Crippen LogP contribution in [0.2, 0.25) is 0 Å². The molecule has 0 saturated heterocycles. The van der Waals surface area contributed by atoms with Crippen molar-refractivity contribution in [2.24, 2.45) is 0 Å². The molecule has 0 unspecified atom stereocenters. The molecule has 3 rings (SSSR count). The number of halogens is 2. The molecular weight excluding hydrogens is 462 g/mol. The fourth-order valence-corrected chi connectivity index (χ4v) is 3.78. The topological polar surface area (TPSA) is 0 Å². The van der Waals surface area contributed by atoms with Crippen molar-refractivity contribution in [2.75, 3.05) is 0 Å². The molecule has 0 amide bonds. The first-order chi connectivity index (χ1) is 13.4. The Morgan fingerprint density at radius 3 is 2.21 bits per heavy atom. The average molecular weight is 495 g/mol. The molecule has 0 aromatic heterocycles. The number of benzene rings is 2. The molecule has 0 N–H and O–H groups in total. The summed E-state index contributed by atoms with van der Waals surface area (Å²) in [7, 11) is 9.87. The molecule has 3 heteroatoms. The summed E-state index contributed by atoms with van der Waals surface area (Å²) in [4.78, 5) is 0. The summed E-state index contributed by atoms with van der Waals surface area (Å²) in [5, 5.41) is 0. The Hall–Kier alpha value is -0.357. The van der Waals surface area contributed by atoms with Gasteiger partial charge in [-0.25, -0.2) is 0 Å². The quantitative estimate of drug-likeness (QED) is 0.352. The zero-order valence-corrected chi connectivity index (χ0v) is 21.6. The van der Waals surface area contributed by atoms with Gasteiger partial charge < -0.3 is 0 Å². The van der Waals surface area contributed by atoms with Gasteiger partial charge in [-0.2, -0.15) is 0 Å². The molecular formula is C25H32Cl2Zr. The molecule has 0 fully saturated rings. The molecule has 0 atom stereocenters. The Morgan fingerprint density at radius 2 is 1.61 bits per heavy atom. The van der Waals surface area contributed by atoms with Gasteiger partial charge in [-0.15, -0.1) is 0 Å². The normalized spacial score (nSPS) is 12.7. The minimum absolute atomic E-state index is 0.211. The molecule has 0 nitrogen and oxygen atoms in total. The Labute approximate surface area is 190 Å². The predicted octanol–water partition coefficient (Wildman–Crippen LogP) is 8.94. The van der Waals surface area contributed by atoms with E-state index in [9.17, 15) is 0 Å². The van der Waals surface area contributed by atoms with Gasteiger partial charge in [0.25, 0.3) is 0 Å². The first-order valence-electron chi connectivity index (χ1n) is 10.3. The fraction of sp³-hybridized carbons (Fsp3) is 0.440. The number of hydrogen-bond acceptors (Lipinski definition) is 0. The standard InChI is InChI=1S/C25H32.2ClH.Zr/c1-5-6-7-8-10-19-17-21-11-9-12-23(24(21)18-19)20-13-15-22(16-14-20)25(2,3)4;;;/h9,11-16,18H,5-8,10,17H2,1-4H3;2*1H;/q;;;+2/p-2. The number of hydrogen-bond donors (Lipinski definition) is 0. The Bertz CT molecular complexity index is 770. The summed E-state index contributed by atoms with van der Waals surface area (Å²) in [5.74, 6) is 0. The SMILES string of the molecule is CCCCCCC1=Cc2c(cccc2-c2ccc(C(C)(C)C)cc2)C1.[Cl][Zr][Cl]. The van der Waals surface area contributed by atoms with Gasteiger partial charge >= 0.3 is 37.9 Å². The zero-order valence-electron chi connectivity index (χ0n) is 17.6. The second-order valence-corrected chi connectivity index (χ2v) is 12.3. The van der Waals surface area contributed by atoms with Crippen molar-refractivity contribution in [2.45, 2.75) is 71.6 Å². The monoisotopic (exact) mass is 492 g/mol. The molecule has 150 valence electrons. The second-order valence-electron chi connectivity index (χ2n) is 8.57. The molecule has 0 heterocycles. The van der Waals surface area contributed by atoms with E-state index >= 15 is 0 Å². The van der Waals surface area contributed by atoms with Gasteiger partial charge in [-0.05, 0) is 52.5 Å². The fourth-order valence-electron chi connectivity index (χ4n) is 3.78. The summed E-state index contributed by atoms with van der Waals surface area (Å²) >= 11 is -0.826. The van der Waals surface area contributed by atoms with E-state index in [4.69, 9.17) is 17.0 Å². The summed E-state index contributed by atoms with van der Waals surface area (Å²) in [6.07, 6.45) is 10.3. The molecule has 1 aliphatic carbocycles. The van der Waals surface area contributed by atoms with Crippen LogP contribution in [0.25, 0.3) is 17.2 Å². The van der Waals surface area contributed by atoms with Crippen molar-refractivity contribution in [3.8, 4) is 11.1 Å². The molecule has 0 saturated carbocycles. The van der Waals surface area contributed by atoms with E-state index in [0.29, 0.717) is 0 Å². The van der Waals surface area contributed by atoms with Crippen molar-refractivity contribution in [3.05, 3.63) is 64.7 Å². The van der Waals surface area contributed by atoms with E-state index in [1.807, 2.05) is 0 Å². The van der Waals surface area contributed by atoms with E-state index in [1.54, 1.807) is 5.57 Å². The predicted molar refractivity (Wildman–Crippen MR) is 123 cm³/mol. The maximum absolute atomic E-state index is 4.93. The molecule has 0 spiro atoms. The van der Waals surface area contributed by atoms with Crippen molar-refractivity contribution in [1.82, 2.24) is 0 Å². The van der Waals surface area contributed by atoms with Crippen LogP contribution in [0.3, 0.4) is 0 Å². The van der Waals surface area contributed by atoms with E-state index in [-0.39, 0.29) is 5.41 Å². The van der Waals surface area contributed by atoms with Crippen molar-refractivity contribution < 1.29 is 20.8 Å². The number of allylic oxidation sites excluding steroid dienone is 1. The van der Waals surface area contributed by atoms with Crippen LogP contribution < -0.4 is 0 Å². The van der Waals surface area contributed by atoms with Crippen molar-refractivity contribution >= 4 is 23.1 Å². The number of rotatable bonds is 6. The van der Waals surface area contributed by atoms with Crippen LogP contribution >= 0.6 is 17.0 Å². The van der Waals surface area contributed by atoms with Crippen molar-refractivity contribution in [3.63, 3.8) is 0 Å². The third kappa shape index (κ3) is 6.86. The second kappa shape index (κ2) is 11.7. The van der Waals surface area contributed by atoms with Crippen LogP contribution in [0.4, 0.5) is 0 Å². The van der Waals surface area contributed by atoms with Gasteiger partial charge in [0.2, 0.25) is 0 Å². The van der Waals surface area contributed by atoms with E-state index < -0.39 is 20.8 Å². The Balaban J connectivity index is 0.000000878. The third-order valence-corrected chi connectivity index (χ3v) is 5.38. The molecule has 28 heavy (non-hydrogen) atoms. The van der Waals surface area contributed by atoms with Gasteiger partial charge in [0, 0.05) is 0 Å². The van der Waals surface area contributed by atoms with Crippen LogP contribution in [0, 0.1) is 0 Å².